The molecule has 0 aliphatic carbocycles. The fourth-order valence-corrected chi connectivity index (χ4v) is 2.32. The van der Waals surface area contributed by atoms with Gasteiger partial charge in [0.2, 0.25) is 0 Å². The second kappa shape index (κ2) is 5.91. The maximum Gasteiger partial charge on any atom is 0.305 e. The quantitative estimate of drug-likeness (QED) is 0.846. The Labute approximate surface area is 106 Å². The predicted octanol–water partition coefficient (Wildman–Crippen LogP) is 2.25. The van der Waals surface area contributed by atoms with E-state index in [2.05, 4.69) is 4.98 Å². The molecule has 1 N–H and O–H groups in total. The number of rotatable bonds is 6. The van der Waals surface area contributed by atoms with Crippen LogP contribution in [0.3, 0.4) is 0 Å². The minimum absolute atomic E-state index is 0.0835. The van der Waals surface area contributed by atoms with Gasteiger partial charge in [0.15, 0.2) is 0 Å². The summed E-state index contributed by atoms with van der Waals surface area (Å²) >= 11 is 0. The Balaban J connectivity index is 3.22. The highest BCUT2D eigenvalue weighted by molar-refractivity contribution is 5.68. The van der Waals surface area contributed by atoms with E-state index in [0.29, 0.717) is 18.7 Å². The van der Waals surface area contributed by atoms with Crippen LogP contribution in [0, 0.1) is 5.82 Å². The van der Waals surface area contributed by atoms with E-state index in [-0.39, 0.29) is 6.42 Å². The molecule has 0 amide bonds. The van der Waals surface area contributed by atoms with Crippen molar-refractivity contribution in [1.82, 2.24) is 9.88 Å². The third-order valence-corrected chi connectivity index (χ3v) is 3.28. The molecule has 0 saturated carbocycles. The summed E-state index contributed by atoms with van der Waals surface area (Å²) in [4.78, 5) is 16.9. The third kappa shape index (κ3) is 3.04. The molecule has 4 nitrogen and oxygen atoms in total. The number of halogens is 1. The maximum absolute atomic E-state index is 13.3. The average molecular weight is 254 g/mol. The molecule has 1 aromatic heterocycles. The van der Waals surface area contributed by atoms with Crippen molar-refractivity contribution in [1.29, 1.82) is 0 Å². The van der Waals surface area contributed by atoms with Crippen molar-refractivity contribution in [3.8, 4) is 0 Å². The van der Waals surface area contributed by atoms with Crippen LogP contribution >= 0.6 is 0 Å². The summed E-state index contributed by atoms with van der Waals surface area (Å²) in [6.45, 7) is 7.10. The number of hydrogen-bond donors (Lipinski definition) is 1. The molecule has 1 atom stereocenters. The van der Waals surface area contributed by atoms with E-state index in [0.717, 1.165) is 6.20 Å². The van der Waals surface area contributed by atoms with Gasteiger partial charge in [-0.05, 0) is 31.6 Å². The Morgan fingerprint density at radius 1 is 1.44 bits per heavy atom. The predicted molar refractivity (Wildman–Crippen MR) is 66.7 cm³/mol. The van der Waals surface area contributed by atoms with Crippen molar-refractivity contribution in [3.05, 3.63) is 29.8 Å². The molecular weight excluding hydrogens is 235 g/mol. The zero-order valence-electron chi connectivity index (χ0n) is 11.0. The summed E-state index contributed by atoms with van der Waals surface area (Å²) in [5.74, 6) is -1.36. The van der Waals surface area contributed by atoms with Gasteiger partial charge < -0.3 is 5.11 Å². The largest absolute Gasteiger partial charge is 0.481 e. The Kier molecular flexibility index (Phi) is 4.78. The fraction of sp³-hybridized carbons (Fsp3) is 0.538. The summed E-state index contributed by atoms with van der Waals surface area (Å²) in [5, 5.41) is 9.08. The number of carboxylic acid groups (broad SMARTS) is 1. The van der Waals surface area contributed by atoms with Gasteiger partial charge in [0.1, 0.15) is 5.82 Å². The molecular formula is C13H19FN2O2. The molecule has 1 unspecified atom stereocenters. The van der Waals surface area contributed by atoms with Gasteiger partial charge in [0, 0.05) is 6.20 Å². The molecule has 0 aliphatic rings. The molecule has 0 bridgehead atoms. The molecule has 0 saturated heterocycles. The summed E-state index contributed by atoms with van der Waals surface area (Å²) in [6, 6.07) is 1.36. The van der Waals surface area contributed by atoms with Gasteiger partial charge in [-0.1, -0.05) is 13.8 Å². The molecule has 100 valence electrons. The van der Waals surface area contributed by atoms with Crippen LogP contribution in [0.4, 0.5) is 4.39 Å². The molecule has 0 fully saturated rings. The molecule has 1 aromatic rings. The minimum Gasteiger partial charge on any atom is -0.481 e. The van der Waals surface area contributed by atoms with Gasteiger partial charge in [0.25, 0.3) is 0 Å². The highest BCUT2D eigenvalue weighted by Gasteiger charge is 2.35. The fourth-order valence-electron chi connectivity index (χ4n) is 2.32. The number of aliphatic carboxylic acids is 1. The highest BCUT2D eigenvalue weighted by Crippen LogP contribution is 2.31. The summed E-state index contributed by atoms with van der Waals surface area (Å²) in [5.41, 5.74) is -0.154. The molecule has 0 radical (unpaired) electrons. The van der Waals surface area contributed by atoms with Crippen molar-refractivity contribution in [2.75, 3.05) is 13.1 Å². The van der Waals surface area contributed by atoms with Crippen LogP contribution < -0.4 is 0 Å². The van der Waals surface area contributed by atoms with Gasteiger partial charge in [-0.3, -0.25) is 14.7 Å². The van der Waals surface area contributed by atoms with Crippen molar-refractivity contribution in [2.45, 2.75) is 32.7 Å². The number of nitrogens with zero attached hydrogens (tertiary/aromatic N) is 2. The highest BCUT2D eigenvalue weighted by atomic mass is 19.1. The number of hydrogen-bond acceptors (Lipinski definition) is 3. The molecule has 0 aliphatic heterocycles. The monoisotopic (exact) mass is 254 g/mol. The number of carbonyl (C=O) groups is 1. The third-order valence-electron chi connectivity index (χ3n) is 3.28. The van der Waals surface area contributed by atoms with E-state index >= 15 is 0 Å². The number of aromatic nitrogens is 1. The van der Waals surface area contributed by atoms with Gasteiger partial charge in [-0.25, -0.2) is 4.39 Å². The average Bonchev–Trinajstić information content (AvgIpc) is 2.29. The Bertz CT molecular complexity index is 421. The first-order chi connectivity index (χ1) is 8.43. The van der Waals surface area contributed by atoms with Crippen LogP contribution in [0.15, 0.2) is 18.5 Å². The lowest BCUT2D eigenvalue weighted by Gasteiger charge is -2.39. The Hall–Kier alpha value is -1.49. The molecule has 5 heteroatoms. The van der Waals surface area contributed by atoms with Gasteiger partial charge in [0.05, 0.1) is 18.2 Å². The van der Waals surface area contributed by atoms with E-state index in [1.807, 2.05) is 25.7 Å². The molecule has 1 heterocycles. The van der Waals surface area contributed by atoms with Crippen LogP contribution in [0.25, 0.3) is 0 Å². The van der Waals surface area contributed by atoms with E-state index in [1.165, 1.54) is 12.3 Å². The SMILES string of the molecule is CCN(CC)C(C)(CC(=O)O)c1cncc(F)c1. The van der Waals surface area contributed by atoms with Crippen molar-refractivity contribution >= 4 is 5.97 Å². The number of pyridine rings is 1. The smallest absolute Gasteiger partial charge is 0.305 e. The lowest BCUT2D eigenvalue weighted by atomic mass is 9.87. The topological polar surface area (TPSA) is 53.4 Å². The zero-order valence-corrected chi connectivity index (χ0v) is 11.0. The van der Waals surface area contributed by atoms with Crippen LogP contribution in [0.2, 0.25) is 0 Å². The van der Waals surface area contributed by atoms with Crippen LogP contribution in [-0.2, 0) is 10.3 Å². The van der Waals surface area contributed by atoms with Crippen molar-refractivity contribution in [3.63, 3.8) is 0 Å². The van der Waals surface area contributed by atoms with Gasteiger partial charge in [-0.2, -0.15) is 0 Å². The second-order valence-corrected chi connectivity index (χ2v) is 4.41. The Morgan fingerprint density at radius 2 is 2.06 bits per heavy atom. The van der Waals surface area contributed by atoms with E-state index < -0.39 is 17.3 Å². The molecule has 18 heavy (non-hydrogen) atoms. The molecule has 0 aromatic carbocycles. The van der Waals surface area contributed by atoms with Gasteiger partial charge in [-0.15, -0.1) is 0 Å². The lowest BCUT2D eigenvalue weighted by Crippen LogP contribution is -2.45. The second-order valence-electron chi connectivity index (χ2n) is 4.41. The zero-order chi connectivity index (χ0) is 13.8. The van der Waals surface area contributed by atoms with Crippen molar-refractivity contribution in [2.24, 2.45) is 0 Å². The standard InChI is InChI=1S/C13H19FN2O2/c1-4-16(5-2)13(3,7-12(17)18)10-6-11(14)9-15-8-10/h6,8-9H,4-5,7H2,1-3H3,(H,17,18). The van der Waals surface area contributed by atoms with E-state index in [1.54, 1.807) is 0 Å². The first-order valence-corrected chi connectivity index (χ1v) is 6.02. The van der Waals surface area contributed by atoms with Crippen LogP contribution in [0.5, 0.6) is 0 Å². The molecule has 0 spiro atoms. The Morgan fingerprint density at radius 3 is 2.50 bits per heavy atom. The summed E-state index contributed by atoms with van der Waals surface area (Å²) in [6.07, 6.45) is 2.57. The maximum atomic E-state index is 13.3. The van der Waals surface area contributed by atoms with E-state index in [9.17, 15) is 9.18 Å². The van der Waals surface area contributed by atoms with Crippen LogP contribution in [0.1, 0.15) is 32.8 Å². The van der Waals surface area contributed by atoms with Crippen LogP contribution in [-0.4, -0.2) is 34.0 Å². The lowest BCUT2D eigenvalue weighted by molar-refractivity contribution is -0.140. The minimum atomic E-state index is -0.909. The van der Waals surface area contributed by atoms with Gasteiger partial charge >= 0.3 is 5.97 Å². The van der Waals surface area contributed by atoms with E-state index in [4.69, 9.17) is 5.11 Å². The summed E-state index contributed by atoms with van der Waals surface area (Å²) < 4.78 is 13.3. The first kappa shape index (κ1) is 14.6. The normalized spacial score (nSPS) is 14.5. The summed E-state index contributed by atoms with van der Waals surface area (Å²) in [7, 11) is 0. The first-order valence-electron chi connectivity index (χ1n) is 6.02. The van der Waals surface area contributed by atoms with Crippen molar-refractivity contribution < 1.29 is 14.3 Å². The molecule has 1 rings (SSSR count). The number of carboxylic acids is 1.